The molecular formula is C10H13N3O2. The molecule has 0 radical (unpaired) electrons. The second kappa shape index (κ2) is 3.76. The lowest BCUT2D eigenvalue weighted by atomic mass is 10.2. The predicted molar refractivity (Wildman–Crippen MR) is 57.4 cm³/mol. The van der Waals surface area contributed by atoms with Crippen LogP contribution in [-0.2, 0) is 4.79 Å². The number of pyridine rings is 1. The number of carbonyl (C=O) groups is 1. The molecule has 1 aliphatic heterocycles. The van der Waals surface area contributed by atoms with Crippen LogP contribution < -0.4 is 9.80 Å². The van der Waals surface area contributed by atoms with Crippen LogP contribution >= 0.6 is 0 Å². The topological polar surface area (TPSA) is 56.7 Å². The summed E-state index contributed by atoms with van der Waals surface area (Å²) in [7, 11) is 1.98. The molecule has 2 rings (SSSR count). The third kappa shape index (κ3) is 1.86. The van der Waals surface area contributed by atoms with Crippen LogP contribution in [0.3, 0.4) is 0 Å². The Bertz CT molecular complexity index is 381. The highest BCUT2D eigenvalue weighted by Gasteiger charge is 2.22. The summed E-state index contributed by atoms with van der Waals surface area (Å²) >= 11 is 0. The lowest BCUT2D eigenvalue weighted by molar-refractivity contribution is -0.135. The van der Waals surface area contributed by atoms with Crippen molar-refractivity contribution in [3.63, 3.8) is 0 Å². The van der Waals surface area contributed by atoms with Gasteiger partial charge in [-0.1, -0.05) is 0 Å². The van der Waals surface area contributed by atoms with Crippen LogP contribution in [0.15, 0.2) is 18.3 Å². The molecule has 1 N–H and O–H groups in total. The summed E-state index contributed by atoms with van der Waals surface area (Å²) < 4.78 is 0. The van der Waals surface area contributed by atoms with Crippen molar-refractivity contribution in [2.45, 2.75) is 0 Å². The minimum absolute atomic E-state index is 0.0118. The Morgan fingerprint density at radius 2 is 2.40 bits per heavy atom. The van der Waals surface area contributed by atoms with Gasteiger partial charge in [0, 0.05) is 26.3 Å². The van der Waals surface area contributed by atoms with Crippen LogP contribution in [0.4, 0.5) is 11.5 Å². The van der Waals surface area contributed by atoms with Gasteiger partial charge in [0.1, 0.15) is 6.54 Å². The number of aromatic nitrogens is 1. The summed E-state index contributed by atoms with van der Waals surface area (Å²) in [6.45, 7) is 1.54. The number of hydrogen-bond donors (Lipinski definition) is 1. The van der Waals surface area contributed by atoms with Crippen molar-refractivity contribution in [3.8, 4) is 0 Å². The van der Waals surface area contributed by atoms with Gasteiger partial charge in [-0.05, 0) is 12.1 Å². The molecule has 0 aromatic carbocycles. The highest BCUT2D eigenvalue weighted by Crippen LogP contribution is 2.28. The molecule has 2 heterocycles. The average Bonchev–Trinajstić information content (AvgIpc) is 2.22. The fraction of sp³-hybridized carbons (Fsp3) is 0.400. The summed E-state index contributed by atoms with van der Waals surface area (Å²) in [6.07, 6.45) is 1.69. The van der Waals surface area contributed by atoms with E-state index >= 15 is 0 Å². The van der Waals surface area contributed by atoms with Gasteiger partial charge in [-0.25, -0.2) is 4.98 Å². The van der Waals surface area contributed by atoms with E-state index < -0.39 is 5.97 Å². The maximum absolute atomic E-state index is 10.7. The van der Waals surface area contributed by atoms with Crippen LogP contribution in [-0.4, -0.2) is 42.7 Å². The number of anilines is 2. The molecule has 0 bridgehead atoms. The maximum Gasteiger partial charge on any atom is 0.323 e. The zero-order chi connectivity index (χ0) is 10.8. The normalized spacial score (nSPS) is 15.0. The van der Waals surface area contributed by atoms with Crippen LogP contribution in [0.25, 0.3) is 0 Å². The van der Waals surface area contributed by atoms with E-state index in [0.717, 1.165) is 18.1 Å². The van der Waals surface area contributed by atoms with Crippen molar-refractivity contribution in [3.05, 3.63) is 18.3 Å². The van der Waals surface area contributed by atoms with Gasteiger partial charge in [0.2, 0.25) is 0 Å². The molecule has 15 heavy (non-hydrogen) atoms. The molecule has 1 aliphatic rings. The van der Waals surface area contributed by atoms with Gasteiger partial charge >= 0.3 is 5.97 Å². The first-order valence-electron chi connectivity index (χ1n) is 4.81. The van der Waals surface area contributed by atoms with E-state index in [4.69, 9.17) is 5.11 Å². The summed E-state index contributed by atoms with van der Waals surface area (Å²) in [5.41, 5.74) is 0.991. The van der Waals surface area contributed by atoms with E-state index in [-0.39, 0.29) is 6.54 Å². The van der Waals surface area contributed by atoms with Crippen LogP contribution in [0.1, 0.15) is 0 Å². The molecule has 0 saturated carbocycles. The third-order valence-corrected chi connectivity index (χ3v) is 2.51. The standard InChI is InChI=1S/C10H13N3O2/c1-12-5-6-13(7-9(14)15)10-8(12)3-2-4-11-10/h2-4H,5-7H2,1H3,(H,14,15). The van der Waals surface area contributed by atoms with Gasteiger partial charge < -0.3 is 14.9 Å². The number of carboxylic acids is 1. The lowest BCUT2D eigenvalue weighted by Gasteiger charge is -2.34. The van der Waals surface area contributed by atoms with Gasteiger partial charge in [0.25, 0.3) is 0 Å². The van der Waals surface area contributed by atoms with Crippen molar-refractivity contribution in [2.24, 2.45) is 0 Å². The first-order valence-corrected chi connectivity index (χ1v) is 4.81. The van der Waals surface area contributed by atoms with E-state index in [2.05, 4.69) is 9.88 Å². The number of rotatable bonds is 2. The zero-order valence-electron chi connectivity index (χ0n) is 8.55. The van der Waals surface area contributed by atoms with E-state index in [1.807, 2.05) is 19.2 Å². The van der Waals surface area contributed by atoms with Crippen molar-refractivity contribution in [1.82, 2.24) is 4.98 Å². The molecular weight excluding hydrogens is 194 g/mol. The van der Waals surface area contributed by atoms with E-state index in [0.29, 0.717) is 6.54 Å². The largest absolute Gasteiger partial charge is 0.480 e. The van der Waals surface area contributed by atoms with E-state index in [1.165, 1.54) is 0 Å². The van der Waals surface area contributed by atoms with Gasteiger partial charge in [-0.2, -0.15) is 0 Å². The number of aliphatic carboxylic acids is 1. The minimum Gasteiger partial charge on any atom is -0.480 e. The maximum atomic E-state index is 10.7. The SMILES string of the molecule is CN1CCN(CC(=O)O)c2ncccc21. The summed E-state index contributed by atoms with van der Waals surface area (Å²) in [5.74, 6) is -0.0650. The van der Waals surface area contributed by atoms with E-state index in [1.54, 1.807) is 11.1 Å². The van der Waals surface area contributed by atoms with Crippen molar-refractivity contribution < 1.29 is 9.90 Å². The molecule has 1 aromatic rings. The Morgan fingerprint density at radius 3 is 3.13 bits per heavy atom. The second-order valence-electron chi connectivity index (χ2n) is 3.58. The zero-order valence-corrected chi connectivity index (χ0v) is 8.55. The fourth-order valence-corrected chi connectivity index (χ4v) is 1.74. The molecule has 0 spiro atoms. The summed E-state index contributed by atoms with van der Waals surface area (Å²) in [6, 6.07) is 3.82. The van der Waals surface area contributed by atoms with Crippen molar-refractivity contribution >= 4 is 17.5 Å². The predicted octanol–water partition coefficient (Wildman–Crippen LogP) is 0.422. The Hall–Kier alpha value is -1.78. The third-order valence-electron chi connectivity index (χ3n) is 2.51. The van der Waals surface area contributed by atoms with Crippen molar-refractivity contribution in [1.29, 1.82) is 0 Å². The summed E-state index contributed by atoms with van der Waals surface area (Å²) in [5, 5.41) is 8.77. The number of likely N-dealkylation sites (N-methyl/N-ethyl adjacent to an activating group) is 1. The number of fused-ring (bicyclic) bond motifs is 1. The Labute approximate surface area is 87.9 Å². The first kappa shape index (κ1) is 9.76. The number of hydrogen-bond acceptors (Lipinski definition) is 4. The van der Waals surface area contributed by atoms with Crippen LogP contribution in [0.5, 0.6) is 0 Å². The Kier molecular flexibility index (Phi) is 2.45. The van der Waals surface area contributed by atoms with Gasteiger partial charge in [-0.3, -0.25) is 4.79 Å². The van der Waals surface area contributed by atoms with Gasteiger partial charge in [-0.15, -0.1) is 0 Å². The smallest absolute Gasteiger partial charge is 0.323 e. The number of carboxylic acid groups (broad SMARTS) is 1. The molecule has 0 aliphatic carbocycles. The highest BCUT2D eigenvalue weighted by atomic mass is 16.4. The Balaban J connectivity index is 2.31. The molecule has 0 fully saturated rings. The van der Waals surface area contributed by atoms with Crippen LogP contribution in [0, 0.1) is 0 Å². The summed E-state index contributed by atoms with van der Waals surface area (Å²) in [4.78, 5) is 18.8. The molecule has 0 atom stereocenters. The number of nitrogens with zero attached hydrogens (tertiary/aromatic N) is 3. The lowest BCUT2D eigenvalue weighted by Crippen LogP contribution is -2.42. The quantitative estimate of drug-likeness (QED) is 0.761. The first-order chi connectivity index (χ1) is 7.18. The molecule has 80 valence electrons. The van der Waals surface area contributed by atoms with Crippen LogP contribution in [0.2, 0.25) is 0 Å². The van der Waals surface area contributed by atoms with Gasteiger partial charge in [0.15, 0.2) is 5.82 Å². The molecule has 5 heteroatoms. The molecule has 5 nitrogen and oxygen atoms in total. The highest BCUT2D eigenvalue weighted by molar-refractivity contribution is 5.77. The minimum atomic E-state index is -0.823. The second-order valence-corrected chi connectivity index (χ2v) is 3.58. The van der Waals surface area contributed by atoms with Gasteiger partial charge in [0.05, 0.1) is 5.69 Å². The molecule has 0 unspecified atom stereocenters. The monoisotopic (exact) mass is 207 g/mol. The average molecular weight is 207 g/mol. The fourth-order valence-electron chi connectivity index (χ4n) is 1.74. The van der Waals surface area contributed by atoms with Crippen molar-refractivity contribution in [2.75, 3.05) is 36.5 Å². The Morgan fingerprint density at radius 1 is 1.60 bits per heavy atom. The molecule has 1 aromatic heterocycles. The van der Waals surface area contributed by atoms with E-state index in [9.17, 15) is 4.79 Å². The molecule has 0 amide bonds. The molecule has 0 saturated heterocycles.